The van der Waals surface area contributed by atoms with Crippen molar-refractivity contribution >= 4 is 47.0 Å². The number of ether oxygens (including phenoxy) is 2. The largest absolute Gasteiger partial charge is 0.490 e. The van der Waals surface area contributed by atoms with Gasteiger partial charge in [-0.3, -0.25) is 4.99 Å². The summed E-state index contributed by atoms with van der Waals surface area (Å²) in [6, 6.07) is 9.71. The number of nitrogens with one attached hydrogen (secondary N) is 2. The molecule has 0 fully saturated rings. The molecule has 9 heteroatoms. The summed E-state index contributed by atoms with van der Waals surface area (Å²) in [7, 11) is 0. The second-order valence-corrected chi connectivity index (χ2v) is 7.99. The molecule has 0 amide bonds. The smallest absolute Gasteiger partial charge is 0.195 e. The van der Waals surface area contributed by atoms with E-state index in [0.717, 1.165) is 59.5 Å². The molecule has 2 N–H and O–H groups in total. The van der Waals surface area contributed by atoms with Gasteiger partial charge in [0, 0.05) is 49.5 Å². The molecule has 31 heavy (non-hydrogen) atoms. The van der Waals surface area contributed by atoms with Crippen molar-refractivity contribution in [2.24, 2.45) is 4.99 Å². The van der Waals surface area contributed by atoms with Crippen LogP contribution in [0.2, 0.25) is 0 Å². The van der Waals surface area contributed by atoms with Gasteiger partial charge in [-0.25, -0.2) is 4.98 Å². The van der Waals surface area contributed by atoms with Gasteiger partial charge in [0.1, 0.15) is 5.76 Å². The summed E-state index contributed by atoms with van der Waals surface area (Å²) in [5, 5.41) is 9.96. The summed E-state index contributed by atoms with van der Waals surface area (Å²) in [6.07, 6.45) is 4.15. The monoisotopic (exact) mass is 554 g/mol. The van der Waals surface area contributed by atoms with Crippen LogP contribution in [0.5, 0.6) is 11.5 Å². The Bertz CT molecular complexity index is 975. The van der Waals surface area contributed by atoms with Crippen LogP contribution in [-0.2, 0) is 12.8 Å². The Morgan fingerprint density at radius 3 is 2.81 bits per heavy atom. The van der Waals surface area contributed by atoms with E-state index in [1.165, 1.54) is 0 Å². The predicted molar refractivity (Wildman–Crippen MR) is 134 cm³/mol. The minimum absolute atomic E-state index is 0. The highest BCUT2D eigenvalue weighted by atomic mass is 127. The third-order valence-electron chi connectivity index (χ3n) is 4.56. The van der Waals surface area contributed by atoms with Gasteiger partial charge < -0.3 is 24.5 Å². The summed E-state index contributed by atoms with van der Waals surface area (Å²) >= 11 is 1.67. The number of rotatable bonds is 7. The molecule has 1 aliphatic heterocycles. The maximum Gasteiger partial charge on any atom is 0.195 e. The standard InChI is InChI=1S/C22H26N4O3S.HI/c1-16-25-18(15-30-16)7-9-23-22(24-10-8-19-4-2-11-27-19)26-17-5-6-20-21(14-17)29-13-3-12-28-20;/h2,4-6,11,14-15H,3,7-10,12-13H2,1H3,(H2,23,24,26);1H. The Hall–Kier alpha value is -2.27. The van der Waals surface area contributed by atoms with E-state index in [1.54, 1.807) is 17.6 Å². The van der Waals surface area contributed by atoms with E-state index in [1.807, 2.05) is 37.3 Å². The van der Waals surface area contributed by atoms with Crippen LogP contribution in [0.15, 0.2) is 51.4 Å². The SMILES string of the molecule is Cc1nc(CCNC(=NCCc2ccco2)Nc2ccc3c(c2)OCCCO3)cs1.I. The van der Waals surface area contributed by atoms with Crippen LogP contribution in [0.1, 0.15) is 22.9 Å². The van der Waals surface area contributed by atoms with Gasteiger partial charge in [-0.15, -0.1) is 35.3 Å². The van der Waals surface area contributed by atoms with Crippen LogP contribution in [0, 0.1) is 6.92 Å². The second kappa shape index (κ2) is 11.9. The van der Waals surface area contributed by atoms with E-state index in [4.69, 9.17) is 18.9 Å². The number of halogens is 1. The molecule has 3 aromatic rings. The van der Waals surface area contributed by atoms with E-state index in [9.17, 15) is 0 Å². The van der Waals surface area contributed by atoms with Gasteiger partial charge in [0.25, 0.3) is 0 Å². The Labute approximate surface area is 203 Å². The first kappa shape index (κ1) is 23.4. The molecule has 0 spiro atoms. The highest BCUT2D eigenvalue weighted by Crippen LogP contribution is 2.32. The van der Waals surface area contributed by atoms with E-state index in [2.05, 4.69) is 21.0 Å². The quantitative estimate of drug-likeness (QED) is 0.251. The summed E-state index contributed by atoms with van der Waals surface area (Å²) in [5.41, 5.74) is 1.99. The van der Waals surface area contributed by atoms with Crippen molar-refractivity contribution in [1.29, 1.82) is 0 Å². The molecule has 0 saturated carbocycles. The highest BCUT2D eigenvalue weighted by molar-refractivity contribution is 14.0. The van der Waals surface area contributed by atoms with Gasteiger partial charge in [0.15, 0.2) is 17.5 Å². The molecule has 3 heterocycles. The summed E-state index contributed by atoms with van der Waals surface area (Å²) in [5.74, 6) is 3.17. The minimum atomic E-state index is 0. The molecule has 0 bridgehead atoms. The van der Waals surface area contributed by atoms with Crippen LogP contribution in [0.25, 0.3) is 0 Å². The lowest BCUT2D eigenvalue weighted by molar-refractivity contribution is 0.297. The van der Waals surface area contributed by atoms with E-state index in [0.29, 0.717) is 25.7 Å². The number of furan rings is 1. The molecule has 166 valence electrons. The first-order chi connectivity index (χ1) is 14.8. The number of aromatic nitrogens is 1. The molecule has 0 atom stereocenters. The number of aliphatic imine (C=N–C) groups is 1. The lowest BCUT2D eigenvalue weighted by Gasteiger charge is -2.14. The zero-order chi connectivity index (χ0) is 20.6. The molecule has 1 aromatic carbocycles. The Morgan fingerprint density at radius 1 is 1.16 bits per heavy atom. The molecular weight excluding hydrogens is 527 g/mol. The number of aryl methyl sites for hydroxylation is 1. The fraction of sp³-hybridized carbons (Fsp3) is 0.364. The van der Waals surface area contributed by atoms with E-state index in [-0.39, 0.29) is 24.0 Å². The maximum absolute atomic E-state index is 5.80. The van der Waals surface area contributed by atoms with Crippen LogP contribution in [0.3, 0.4) is 0 Å². The molecule has 0 aliphatic carbocycles. The summed E-state index contributed by atoms with van der Waals surface area (Å²) in [4.78, 5) is 9.23. The number of fused-ring (bicyclic) bond motifs is 1. The lowest BCUT2D eigenvalue weighted by Crippen LogP contribution is -2.32. The van der Waals surface area contributed by atoms with Crippen LogP contribution in [0.4, 0.5) is 5.69 Å². The molecule has 0 radical (unpaired) electrons. The van der Waals surface area contributed by atoms with Crippen LogP contribution in [-0.4, -0.2) is 37.2 Å². The zero-order valence-corrected chi connectivity index (χ0v) is 20.6. The van der Waals surface area contributed by atoms with Gasteiger partial charge in [0.2, 0.25) is 0 Å². The molecule has 4 rings (SSSR count). The number of benzene rings is 1. The minimum Gasteiger partial charge on any atom is -0.490 e. The number of nitrogens with zero attached hydrogens (tertiary/aromatic N) is 2. The van der Waals surface area contributed by atoms with Crippen molar-refractivity contribution < 1.29 is 13.9 Å². The normalized spacial score (nSPS) is 13.3. The first-order valence-electron chi connectivity index (χ1n) is 10.1. The lowest BCUT2D eigenvalue weighted by atomic mass is 10.2. The average molecular weight is 554 g/mol. The Morgan fingerprint density at radius 2 is 2.03 bits per heavy atom. The van der Waals surface area contributed by atoms with Crippen molar-refractivity contribution in [3.05, 3.63) is 58.4 Å². The van der Waals surface area contributed by atoms with Crippen molar-refractivity contribution in [2.45, 2.75) is 26.2 Å². The first-order valence-corrected chi connectivity index (χ1v) is 11.0. The van der Waals surface area contributed by atoms with Gasteiger partial charge in [-0.1, -0.05) is 0 Å². The average Bonchev–Trinajstić information content (AvgIpc) is 3.34. The molecule has 2 aromatic heterocycles. The van der Waals surface area contributed by atoms with Gasteiger partial charge in [0.05, 0.1) is 30.2 Å². The van der Waals surface area contributed by atoms with E-state index < -0.39 is 0 Å². The molecule has 7 nitrogen and oxygen atoms in total. The van der Waals surface area contributed by atoms with Crippen molar-refractivity contribution in [1.82, 2.24) is 10.3 Å². The van der Waals surface area contributed by atoms with Crippen molar-refractivity contribution in [3.8, 4) is 11.5 Å². The zero-order valence-electron chi connectivity index (χ0n) is 17.4. The number of anilines is 1. The third kappa shape index (κ3) is 7.13. The Kier molecular flexibility index (Phi) is 9.01. The Balaban J connectivity index is 0.00000272. The molecule has 0 unspecified atom stereocenters. The van der Waals surface area contributed by atoms with Gasteiger partial charge in [-0.2, -0.15) is 0 Å². The fourth-order valence-electron chi connectivity index (χ4n) is 3.08. The number of hydrogen-bond donors (Lipinski definition) is 2. The van der Waals surface area contributed by atoms with E-state index >= 15 is 0 Å². The van der Waals surface area contributed by atoms with Gasteiger partial charge in [-0.05, 0) is 31.2 Å². The van der Waals surface area contributed by atoms with Crippen LogP contribution < -0.4 is 20.1 Å². The van der Waals surface area contributed by atoms with Crippen LogP contribution >= 0.6 is 35.3 Å². The number of thiazole rings is 1. The van der Waals surface area contributed by atoms with Gasteiger partial charge >= 0.3 is 0 Å². The van der Waals surface area contributed by atoms with Crippen molar-refractivity contribution in [2.75, 3.05) is 31.6 Å². The molecule has 0 saturated heterocycles. The fourth-order valence-corrected chi connectivity index (χ4v) is 3.73. The number of guanidine groups is 1. The number of hydrogen-bond acceptors (Lipinski definition) is 6. The maximum atomic E-state index is 5.80. The topological polar surface area (TPSA) is 80.9 Å². The van der Waals surface area contributed by atoms with Crippen molar-refractivity contribution in [3.63, 3.8) is 0 Å². The summed E-state index contributed by atoms with van der Waals surface area (Å²) < 4.78 is 16.9. The highest BCUT2D eigenvalue weighted by Gasteiger charge is 2.11. The molecule has 1 aliphatic rings. The summed E-state index contributed by atoms with van der Waals surface area (Å²) in [6.45, 7) is 4.71. The second-order valence-electron chi connectivity index (χ2n) is 6.93. The predicted octanol–water partition coefficient (Wildman–Crippen LogP) is 4.67. The molecular formula is C22H27IN4O3S. The third-order valence-corrected chi connectivity index (χ3v) is 5.38.